The minimum atomic E-state index is -0.706. The lowest BCUT2D eigenvalue weighted by molar-refractivity contribution is -0.137. The lowest BCUT2D eigenvalue weighted by Gasteiger charge is -2.30. The van der Waals surface area contributed by atoms with E-state index in [1.165, 1.54) is 12.1 Å². The molecule has 1 aliphatic carbocycles. The molecule has 7 nitrogen and oxygen atoms in total. The van der Waals surface area contributed by atoms with Gasteiger partial charge in [0.1, 0.15) is 18.4 Å². The standard InChI is InChI=1S/C22H30N2O5/c1-13-9-16(7-8-18(13)25)21(27)23-17(10-15-5-3-4-6-15)22(28)24-20-14(2)11-29-12-19(20)26/h7-9,14-15,17,20,25H,3-6,10-12H2,1-2H3,(H,23,27)(H,24,28). The van der Waals surface area contributed by atoms with Crippen molar-refractivity contribution in [2.75, 3.05) is 13.2 Å². The lowest BCUT2D eigenvalue weighted by Crippen LogP contribution is -2.56. The fourth-order valence-corrected chi connectivity index (χ4v) is 4.17. The van der Waals surface area contributed by atoms with Gasteiger partial charge in [-0.2, -0.15) is 0 Å². The van der Waals surface area contributed by atoms with E-state index in [1.54, 1.807) is 13.0 Å². The normalized spacial score (nSPS) is 23.6. The average Bonchev–Trinajstić information content (AvgIpc) is 3.19. The number of phenolic OH excluding ortho intramolecular Hbond substituents is 1. The van der Waals surface area contributed by atoms with Gasteiger partial charge in [-0.15, -0.1) is 0 Å². The van der Waals surface area contributed by atoms with E-state index in [1.807, 2.05) is 6.92 Å². The molecule has 7 heteroatoms. The van der Waals surface area contributed by atoms with E-state index in [4.69, 9.17) is 4.74 Å². The van der Waals surface area contributed by atoms with Gasteiger partial charge >= 0.3 is 0 Å². The SMILES string of the molecule is Cc1cc(C(=O)NC(CC2CCCC2)C(=O)NC2C(=O)COCC2C)ccc1O. The number of carbonyl (C=O) groups is 3. The van der Waals surface area contributed by atoms with Crippen molar-refractivity contribution < 1.29 is 24.2 Å². The summed E-state index contributed by atoms with van der Waals surface area (Å²) in [7, 11) is 0. The summed E-state index contributed by atoms with van der Waals surface area (Å²) < 4.78 is 5.23. The first-order valence-electron chi connectivity index (χ1n) is 10.4. The topological polar surface area (TPSA) is 105 Å². The Bertz CT molecular complexity index is 772. The highest BCUT2D eigenvalue weighted by Crippen LogP contribution is 2.29. The fourth-order valence-electron chi connectivity index (χ4n) is 4.17. The van der Waals surface area contributed by atoms with Crippen LogP contribution in [0.5, 0.6) is 5.75 Å². The summed E-state index contributed by atoms with van der Waals surface area (Å²) in [5.74, 6) is -0.435. The zero-order chi connectivity index (χ0) is 21.0. The van der Waals surface area contributed by atoms with Crippen LogP contribution in [0.25, 0.3) is 0 Å². The van der Waals surface area contributed by atoms with Gasteiger partial charge in [0, 0.05) is 11.5 Å². The molecule has 0 bridgehead atoms. The molecule has 1 heterocycles. The molecule has 0 spiro atoms. The van der Waals surface area contributed by atoms with E-state index in [0.717, 1.165) is 25.7 Å². The van der Waals surface area contributed by atoms with Crippen molar-refractivity contribution in [3.05, 3.63) is 29.3 Å². The maximum Gasteiger partial charge on any atom is 0.251 e. The van der Waals surface area contributed by atoms with E-state index in [9.17, 15) is 19.5 Å². The van der Waals surface area contributed by atoms with Crippen LogP contribution in [-0.2, 0) is 14.3 Å². The molecule has 3 rings (SSSR count). The quantitative estimate of drug-likeness (QED) is 0.676. The third-order valence-corrected chi connectivity index (χ3v) is 5.96. The smallest absolute Gasteiger partial charge is 0.251 e. The van der Waals surface area contributed by atoms with E-state index >= 15 is 0 Å². The molecular formula is C22H30N2O5. The summed E-state index contributed by atoms with van der Waals surface area (Å²) in [5, 5.41) is 15.4. The van der Waals surface area contributed by atoms with Gasteiger partial charge < -0.3 is 20.5 Å². The summed E-state index contributed by atoms with van der Waals surface area (Å²) in [6, 6.07) is 3.31. The highest BCUT2D eigenvalue weighted by Gasteiger charge is 2.34. The van der Waals surface area contributed by atoms with Crippen molar-refractivity contribution in [2.45, 2.75) is 58.0 Å². The van der Waals surface area contributed by atoms with E-state index in [2.05, 4.69) is 10.6 Å². The Morgan fingerprint density at radius 3 is 2.66 bits per heavy atom. The number of amides is 2. The molecule has 2 fully saturated rings. The van der Waals surface area contributed by atoms with Crippen LogP contribution >= 0.6 is 0 Å². The molecule has 3 unspecified atom stereocenters. The van der Waals surface area contributed by atoms with Crippen LogP contribution in [0.15, 0.2) is 18.2 Å². The molecule has 1 saturated carbocycles. The van der Waals surface area contributed by atoms with Gasteiger partial charge in [-0.1, -0.05) is 32.6 Å². The van der Waals surface area contributed by atoms with Gasteiger partial charge in [-0.25, -0.2) is 0 Å². The maximum absolute atomic E-state index is 13.0. The zero-order valence-corrected chi connectivity index (χ0v) is 17.1. The number of hydrogen-bond donors (Lipinski definition) is 3. The Kier molecular flexibility index (Phi) is 6.90. The summed E-state index contributed by atoms with van der Waals surface area (Å²) in [6.07, 6.45) is 4.93. The molecule has 29 heavy (non-hydrogen) atoms. The van der Waals surface area contributed by atoms with E-state index < -0.39 is 12.1 Å². The molecule has 2 amide bonds. The number of aryl methyl sites for hydroxylation is 1. The first-order chi connectivity index (χ1) is 13.8. The molecule has 0 radical (unpaired) electrons. The van der Waals surface area contributed by atoms with Crippen LogP contribution < -0.4 is 10.6 Å². The van der Waals surface area contributed by atoms with Crippen LogP contribution in [-0.4, -0.2) is 48.0 Å². The molecule has 1 saturated heterocycles. The van der Waals surface area contributed by atoms with Crippen molar-refractivity contribution in [3.63, 3.8) is 0 Å². The Labute approximate surface area is 171 Å². The average molecular weight is 402 g/mol. The van der Waals surface area contributed by atoms with Crippen molar-refractivity contribution in [3.8, 4) is 5.75 Å². The van der Waals surface area contributed by atoms with Gasteiger partial charge in [0.15, 0.2) is 5.78 Å². The van der Waals surface area contributed by atoms with Crippen LogP contribution in [0, 0.1) is 18.8 Å². The van der Waals surface area contributed by atoms with Crippen molar-refractivity contribution in [1.82, 2.24) is 10.6 Å². The molecule has 0 aromatic heterocycles. The minimum Gasteiger partial charge on any atom is -0.508 e. The number of ketones is 1. The van der Waals surface area contributed by atoms with Gasteiger partial charge in [0.2, 0.25) is 5.91 Å². The minimum absolute atomic E-state index is 0.00171. The van der Waals surface area contributed by atoms with Crippen LogP contribution in [0.1, 0.15) is 54.9 Å². The monoisotopic (exact) mass is 402 g/mol. The number of hydrogen-bond acceptors (Lipinski definition) is 5. The van der Waals surface area contributed by atoms with Gasteiger partial charge in [-0.05, 0) is 43.0 Å². The Hall–Kier alpha value is -2.41. The first-order valence-corrected chi connectivity index (χ1v) is 10.4. The highest BCUT2D eigenvalue weighted by molar-refractivity contribution is 5.99. The molecule has 158 valence electrons. The van der Waals surface area contributed by atoms with Crippen LogP contribution in [0.2, 0.25) is 0 Å². The Balaban J connectivity index is 1.72. The molecule has 2 aliphatic rings. The van der Waals surface area contributed by atoms with E-state index in [-0.39, 0.29) is 35.9 Å². The Morgan fingerprint density at radius 2 is 2.00 bits per heavy atom. The van der Waals surface area contributed by atoms with Crippen molar-refractivity contribution in [2.24, 2.45) is 11.8 Å². The van der Waals surface area contributed by atoms with Crippen molar-refractivity contribution >= 4 is 17.6 Å². The second kappa shape index (κ2) is 9.39. The largest absolute Gasteiger partial charge is 0.508 e. The lowest BCUT2D eigenvalue weighted by atomic mass is 9.94. The zero-order valence-electron chi connectivity index (χ0n) is 17.1. The molecule has 1 aromatic rings. The third-order valence-electron chi connectivity index (χ3n) is 5.96. The number of aromatic hydroxyl groups is 1. The number of carbonyl (C=O) groups excluding carboxylic acids is 3. The molecule has 1 aromatic carbocycles. The summed E-state index contributed by atoms with van der Waals surface area (Å²) in [4.78, 5) is 37.9. The second-order valence-electron chi connectivity index (χ2n) is 8.36. The van der Waals surface area contributed by atoms with Crippen LogP contribution in [0.4, 0.5) is 0 Å². The summed E-state index contributed by atoms with van der Waals surface area (Å²) in [5.41, 5.74) is 0.983. The van der Waals surface area contributed by atoms with Gasteiger partial charge in [0.25, 0.3) is 5.91 Å². The molecular weight excluding hydrogens is 372 g/mol. The Morgan fingerprint density at radius 1 is 1.28 bits per heavy atom. The molecule has 3 N–H and O–H groups in total. The number of Topliss-reactive ketones (excluding diaryl/α,β-unsaturated/α-hetero) is 1. The molecule has 1 aliphatic heterocycles. The molecule has 3 atom stereocenters. The highest BCUT2D eigenvalue weighted by atomic mass is 16.5. The number of nitrogens with one attached hydrogen (secondary N) is 2. The predicted molar refractivity (Wildman–Crippen MR) is 108 cm³/mol. The number of phenols is 1. The van der Waals surface area contributed by atoms with Gasteiger partial charge in [0.05, 0.1) is 12.6 Å². The maximum atomic E-state index is 13.0. The summed E-state index contributed by atoms with van der Waals surface area (Å²) >= 11 is 0. The second-order valence-corrected chi connectivity index (χ2v) is 8.36. The number of rotatable bonds is 6. The number of ether oxygens (including phenoxy) is 1. The number of benzene rings is 1. The first kappa shape index (κ1) is 21.3. The van der Waals surface area contributed by atoms with E-state index in [0.29, 0.717) is 30.1 Å². The van der Waals surface area contributed by atoms with Gasteiger partial charge in [-0.3, -0.25) is 14.4 Å². The predicted octanol–water partition coefficient (Wildman–Crippen LogP) is 2.10. The summed E-state index contributed by atoms with van der Waals surface area (Å²) in [6.45, 7) is 4.00. The third kappa shape index (κ3) is 5.35. The van der Waals surface area contributed by atoms with Crippen LogP contribution in [0.3, 0.4) is 0 Å². The fraction of sp³-hybridized carbons (Fsp3) is 0.591. The van der Waals surface area contributed by atoms with Crippen molar-refractivity contribution in [1.29, 1.82) is 0 Å².